The topological polar surface area (TPSA) is 86.4 Å². The first kappa shape index (κ1) is 19.3. The SMILES string of the molecule is COc1ccc(C)cc1[C@@H](C)NC(=O)Cn1nc(-c2ccc(F)cc2)oc1=O. The van der Waals surface area contributed by atoms with Crippen molar-refractivity contribution in [3.63, 3.8) is 0 Å². The van der Waals surface area contributed by atoms with Gasteiger partial charge in [-0.15, -0.1) is 5.10 Å². The van der Waals surface area contributed by atoms with Crippen molar-refractivity contribution in [2.24, 2.45) is 0 Å². The zero-order valence-corrected chi connectivity index (χ0v) is 15.7. The summed E-state index contributed by atoms with van der Waals surface area (Å²) in [4.78, 5) is 24.4. The average Bonchev–Trinajstić information content (AvgIpc) is 3.02. The molecule has 0 unspecified atom stereocenters. The number of aromatic nitrogens is 2. The summed E-state index contributed by atoms with van der Waals surface area (Å²) in [5.41, 5.74) is 2.31. The number of halogens is 1. The Labute approximate surface area is 160 Å². The highest BCUT2D eigenvalue weighted by atomic mass is 19.1. The van der Waals surface area contributed by atoms with Crippen molar-refractivity contribution in [3.8, 4) is 17.2 Å². The van der Waals surface area contributed by atoms with Gasteiger partial charge in [0.25, 0.3) is 0 Å². The van der Waals surface area contributed by atoms with Crippen molar-refractivity contribution >= 4 is 5.91 Å². The lowest BCUT2D eigenvalue weighted by molar-refractivity contribution is -0.122. The maximum Gasteiger partial charge on any atom is 0.437 e. The number of hydrogen-bond donors (Lipinski definition) is 1. The summed E-state index contributed by atoms with van der Waals surface area (Å²) in [6.07, 6.45) is 0. The standard InChI is InChI=1S/C20H20FN3O4/c1-12-4-9-17(27-3)16(10-12)13(2)22-18(25)11-24-20(26)28-19(23-24)14-5-7-15(21)8-6-14/h4-10,13H,11H2,1-3H3,(H,22,25)/t13-/m1/s1. The first-order valence-electron chi connectivity index (χ1n) is 8.65. The zero-order valence-electron chi connectivity index (χ0n) is 15.7. The van der Waals surface area contributed by atoms with Crippen LogP contribution in [0, 0.1) is 12.7 Å². The Bertz CT molecular complexity index is 1040. The van der Waals surface area contributed by atoms with E-state index in [9.17, 15) is 14.0 Å². The van der Waals surface area contributed by atoms with Gasteiger partial charge in [0, 0.05) is 11.1 Å². The molecule has 1 N–H and O–H groups in total. The Morgan fingerprint density at radius 1 is 1.29 bits per heavy atom. The van der Waals surface area contributed by atoms with Crippen molar-refractivity contribution in [1.29, 1.82) is 0 Å². The van der Waals surface area contributed by atoms with Crippen molar-refractivity contribution in [3.05, 3.63) is 70.0 Å². The summed E-state index contributed by atoms with van der Waals surface area (Å²) >= 11 is 0. The molecule has 0 saturated heterocycles. The monoisotopic (exact) mass is 385 g/mol. The molecule has 3 aromatic rings. The fourth-order valence-electron chi connectivity index (χ4n) is 2.81. The van der Waals surface area contributed by atoms with Crippen LogP contribution in [-0.4, -0.2) is 22.8 Å². The number of rotatable bonds is 6. The molecule has 7 nitrogen and oxygen atoms in total. The fraction of sp³-hybridized carbons (Fsp3) is 0.250. The van der Waals surface area contributed by atoms with Crippen LogP contribution in [-0.2, 0) is 11.3 Å². The third kappa shape index (κ3) is 4.28. The minimum atomic E-state index is -0.768. The molecule has 1 atom stereocenters. The van der Waals surface area contributed by atoms with Gasteiger partial charge in [0.05, 0.1) is 13.2 Å². The third-order valence-electron chi connectivity index (χ3n) is 4.22. The number of hydrogen-bond acceptors (Lipinski definition) is 5. The number of methoxy groups -OCH3 is 1. The van der Waals surface area contributed by atoms with Crippen LogP contribution in [0.3, 0.4) is 0 Å². The molecule has 1 amide bonds. The van der Waals surface area contributed by atoms with Crippen LogP contribution in [0.25, 0.3) is 11.5 Å². The second-order valence-electron chi connectivity index (χ2n) is 6.37. The molecule has 0 aliphatic carbocycles. The summed E-state index contributed by atoms with van der Waals surface area (Å²) < 4.78 is 24.3. The first-order chi connectivity index (χ1) is 13.4. The maximum atomic E-state index is 13.0. The van der Waals surface area contributed by atoms with E-state index in [1.54, 1.807) is 7.11 Å². The molecule has 1 heterocycles. The lowest BCUT2D eigenvalue weighted by atomic mass is 10.0. The van der Waals surface area contributed by atoms with Gasteiger partial charge >= 0.3 is 5.76 Å². The maximum absolute atomic E-state index is 13.0. The molecule has 28 heavy (non-hydrogen) atoms. The molecular formula is C20H20FN3O4. The van der Waals surface area contributed by atoms with Crippen molar-refractivity contribution < 1.29 is 18.3 Å². The Hall–Kier alpha value is -3.42. The molecule has 0 bridgehead atoms. The smallest absolute Gasteiger partial charge is 0.437 e. The van der Waals surface area contributed by atoms with Crippen LogP contribution < -0.4 is 15.8 Å². The van der Waals surface area contributed by atoms with Crippen LogP contribution in [0.1, 0.15) is 24.1 Å². The summed E-state index contributed by atoms with van der Waals surface area (Å²) in [6.45, 7) is 3.47. The molecular weight excluding hydrogens is 365 g/mol. The average molecular weight is 385 g/mol. The molecule has 0 radical (unpaired) electrons. The lowest BCUT2D eigenvalue weighted by Gasteiger charge is -2.17. The van der Waals surface area contributed by atoms with Gasteiger partial charge in [-0.25, -0.2) is 9.18 Å². The number of benzene rings is 2. The molecule has 2 aromatic carbocycles. The van der Waals surface area contributed by atoms with Crippen molar-refractivity contribution in [1.82, 2.24) is 15.1 Å². The molecule has 3 rings (SSSR count). The highest BCUT2D eigenvalue weighted by molar-refractivity contribution is 5.76. The fourth-order valence-corrected chi connectivity index (χ4v) is 2.81. The second kappa shape index (κ2) is 8.08. The van der Waals surface area contributed by atoms with E-state index in [1.807, 2.05) is 32.0 Å². The Morgan fingerprint density at radius 3 is 2.68 bits per heavy atom. The summed E-state index contributed by atoms with van der Waals surface area (Å²) in [5.74, 6) is -0.903. The number of carbonyl (C=O) groups is 1. The predicted molar refractivity (Wildman–Crippen MR) is 100 cm³/mol. The third-order valence-corrected chi connectivity index (χ3v) is 4.22. The van der Waals surface area contributed by atoms with E-state index < -0.39 is 17.5 Å². The number of nitrogens with one attached hydrogen (secondary N) is 1. The molecule has 0 spiro atoms. The van der Waals surface area contributed by atoms with E-state index in [1.165, 1.54) is 24.3 Å². The van der Waals surface area contributed by atoms with Crippen molar-refractivity contribution in [2.45, 2.75) is 26.4 Å². The van der Waals surface area contributed by atoms with Crippen LogP contribution in [0.4, 0.5) is 4.39 Å². The minimum Gasteiger partial charge on any atom is -0.496 e. The second-order valence-corrected chi connectivity index (χ2v) is 6.37. The van der Waals surface area contributed by atoms with Crippen LogP contribution >= 0.6 is 0 Å². The highest BCUT2D eigenvalue weighted by Gasteiger charge is 2.17. The van der Waals surface area contributed by atoms with Gasteiger partial charge in [-0.05, 0) is 44.2 Å². The molecule has 0 fully saturated rings. The van der Waals surface area contributed by atoms with E-state index in [0.29, 0.717) is 11.3 Å². The molecule has 0 aliphatic heterocycles. The number of ether oxygens (including phenoxy) is 1. The zero-order chi connectivity index (χ0) is 20.3. The van der Waals surface area contributed by atoms with Crippen LogP contribution in [0.2, 0.25) is 0 Å². The number of aryl methyl sites for hydroxylation is 1. The van der Waals surface area contributed by atoms with Gasteiger partial charge in [0.15, 0.2) is 0 Å². The van der Waals surface area contributed by atoms with Crippen molar-refractivity contribution in [2.75, 3.05) is 7.11 Å². The van der Waals surface area contributed by atoms with Crippen LogP contribution in [0.15, 0.2) is 51.7 Å². The normalized spacial score (nSPS) is 11.9. The van der Waals surface area contributed by atoms with E-state index >= 15 is 0 Å². The van der Waals surface area contributed by atoms with E-state index in [0.717, 1.165) is 15.8 Å². The Kier molecular flexibility index (Phi) is 5.58. The minimum absolute atomic E-state index is 0.0196. The van der Waals surface area contributed by atoms with E-state index in [2.05, 4.69) is 10.4 Å². The van der Waals surface area contributed by atoms with Gasteiger partial charge in [-0.3, -0.25) is 4.79 Å². The molecule has 1 aromatic heterocycles. The van der Waals surface area contributed by atoms with Gasteiger partial charge in [0.2, 0.25) is 11.8 Å². The van der Waals surface area contributed by atoms with E-state index in [4.69, 9.17) is 9.15 Å². The molecule has 8 heteroatoms. The van der Waals surface area contributed by atoms with E-state index in [-0.39, 0.29) is 18.5 Å². The lowest BCUT2D eigenvalue weighted by Crippen LogP contribution is -2.33. The number of nitrogens with zero attached hydrogens (tertiary/aromatic N) is 2. The van der Waals surface area contributed by atoms with Gasteiger partial charge in [-0.1, -0.05) is 17.7 Å². The summed E-state index contributed by atoms with van der Waals surface area (Å²) in [6, 6.07) is 10.7. The van der Waals surface area contributed by atoms with Gasteiger partial charge in [-0.2, -0.15) is 4.68 Å². The summed E-state index contributed by atoms with van der Waals surface area (Å²) in [7, 11) is 1.56. The summed E-state index contributed by atoms with van der Waals surface area (Å²) in [5, 5.41) is 6.83. The van der Waals surface area contributed by atoms with Gasteiger partial charge < -0.3 is 14.5 Å². The van der Waals surface area contributed by atoms with Gasteiger partial charge in [0.1, 0.15) is 18.1 Å². The molecule has 0 aliphatic rings. The molecule has 146 valence electrons. The Morgan fingerprint density at radius 2 is 2.00 bits per heavy atom. The molecule has 0 saturated carbocycles. The predicted octanol–water partition coefficient (Wildman–Crippen LogP) is 2.84. The largest absolute Gasteiger partial charge is 0.496 e. The number of carbonyl (C=O) groups excluding carboxylic acids is 1. The quantitative estimate of drug-likeness (QED) is 0.705. The first-order valence-corrected chi connectivity index (χ1v) is 8.65. The number of amides is 1. The highest BCUT2D eigenvalue weighted by Crippen LogP contribution is 2.26. The van der Waals surface area contributed by atoms with Crippen LogP contribution in [0.5, 0.6) is 5.75 Å². The Balaban J connectivity index is 1.72.